The third-order valence-electron chi connectivity index (χ3n) is 4.70. The van der Waals surface area contributed by atoms with Gasteiger partial charge in [0.1, 0.15) is 11.7 Å². The topological polar surface area (TPSA) is 84.7 Å². The van der Waals surface area contributed by atoms with Crippen molar-refractivity contribution in [2.45, 2.75) is 18.4 Å². The molecule has 2 heterocycles. The molecule has 136 valence electrons. The van der Waals surface area contributed by atoms with Crippen LogP contribution in [0.5, 0.6) is 0 Å². The Labute approximate surface area is 156 Å². The molecule has 2 aromatic carbocycles. The number of carbonyl (C=O) groups excluding carboxylic acids is 2. The molecule has 0 spiro atoms. The van der Waals surface area contributed by atoms with E-state index in [0.717, 1.165) is 16.8 Å². The summed E-state index contributed by atoms with van der Waals surface area (Å²) in [5.74, 6) is -0.660. The molecular formula is C21H19N3O3. The van der Waals surface area contributed by atoms with Crippen LogP contribution in [0.3, 0.4) is 0 Å². The number of anilines is 1. The van der Waals surface area contributed by atoms with Gasteiger partial charge in [0.25, 0.3) is 0 Å². The molecule has 0 saturated carbocycles. The van der Waals surface area contributed by atoms with Crippen LogP contribution in [-0.4, -0.2) is 23.4 Å². The minimum Gasteiger partial charge on any atom is -0.356 e. The standard InChI is InChI=1S/C21H19N3O3/c22-17(12-14-6-2-1-3-7-14)21(26)27-24-11-10-16-15-8-4-5-9-18(15)23-20(16)19(24)13-25/h1-11,13,16-17,23H,12,22H2/t16?,17-/m0/s1. The Morgan fingerprint density at radius 2 is 1.93 bits per heavy atom. The van der Waals surface area contributed by atoms with Crippen LogP contribution in [0.25, 0.3) is 0 Å². The summed E-state index contributed by atoms with van der Waals surface area (Å²) in [6.45, 7) is 0. The molecule has 0 amide bonds. The highest BCUT2D eigenvalue weighted by atomic mass is 16.7. The average molecular weight is 361 g/mol. The first kappa shape index (κ1) is 17.1. The summed E-state index contributed by atoms with van der Waals surface area (Å²) in [7, 11) is 0. The van der Waals surface area contributed by atoms with Crippen LogP contribution < -0.4 is 11.1 Å². The van der Waals surface area contributed by atoms with E-state index in [4.69, 9.17) is 10.6 Å². The number of fused-ring (bicyclic) bond motifs is 3. The largest absolute Gasteiger partial charge is 0.356 e. The van der Waals surface area contributed by atoms with Gasteiger partial charge in [-0.3, -0.25) is 4.79 Å². The lowest BCUT2D eigenvalue weighted by atomic mass is 9.96. The van der Waals surface area contributed by atoms with Gasteiger partial charge in [0, 0.05) is 17.8 Å². The summed E-state index contributed by atoms with van der Waals surface area (Å²) in [6.07, 6.45) is 4.52. The van der Waals surface area contributed by atoms with Crippen LogP contribution in [0.1, 0.15) is 17.0 Å². The number of nitrogens with zero attached hydrogens (tertiary/aromatic N) is 1. The van der Waals surface area contributed by atoms with Gasteiger partial charge in [-0.05, 0) is 23.6 Å². The lowest BCUT2D eigenvalue weighted by Gasteiger charge is -2.27. The maximum atomic E-state index is 12.4. The van der Waals surface area contributed by atoms with Crippen LogP contribution in [0.2, 0.25) is 0 Å². The minimum absolute atomic E-state index is 0.0608. The highest BCUT2D eigenvalue weighted by molar-refractivity contribution is 5.82. The average Bonchev–Trinajstić information content (AvgIpc) is 3.07. The second-order valence-electron chi connectivity index (χ2n) is 6.48. The number of para-hydroxylation sites is 1. The molecule has 27 heavy (non-hydrogen) atoms. The highest BCUT2D eigenvalue weighted by Crippen LogP contribution is 2.42. The normalized spacial score (nSPS) is 18.4. The second-order valence-corrected chi connectivity index (χ2v) is 6.48. The third-order valence-corrected chi connectivity index (χ3v) is 4.70. The first-order valence-corrected chi connectivity index (χ1v) is 8.71. The number of allylic oxidation sites excluding steroid dienone is 2. The molecule has 0 aliphatic carbocycles. The fraction of sp³-hybridized carbons (Fsp3) is 0.143. The highest BCUT2D eigenvalue weighted by Gasteiger charge is 2.34. The van der Waals surface area contributed by atoms with Crippen molar-refractivity contribution < 1.29 is 14.4 Å². The monoisotopic (exact) mass is 361 g/mol. The van der Waals surface area contributed by atoms with Crippen molar-refractivity contribution >= 4 is 17.9 Å². The van der Waals surface area contributed by atoms with Crippen molar-refractivity contribution in [3.8, 4) is 0 Å². The van der Waals surface area contributed by atoms with Gasteiger partial charge in [-0.1, -0.05) is 54.6 Å². The van der Waals surface area contributed by atoms with Crippen LogP contribution in [0, 0.1) is 0 Å². The van der Waals surface area contributed by atoms with Gasteiger partial charge >= 0.3 is 5.97 Å². The molecule has 2 aliphatic rings. The van der Waals surface area contributed by atoms with Gasteiger partial charge in [0.05, 0.1) is 5.70 Å². The van der Waals surface area contributed by atoms with Crippen molar-refractivity contribution in [3.63, 3.8) is 0 Å². The number of rotatable bonds is 5. The fourth-order valence-corrected chi connectivity index (χ4v) is 3.36. The number of hydroxylamine groups is 2. The lowest BCUT2D eigenvalue weighted by Crippen LogP contribution is -2.39. The smallest absolute Gasteiger partial charge is 0.349 e. The van der Waals surface area contributed by atoms with Crippen LogP contribution in [-0.2, 0) is 20.8 Å². The number of carbonyl (C=O) groups is 2. The van der Waals surface area contributed by atoms with Crippen LogP contribution >= 0.6 is 0 Å². The van der Waals surface area contributed by atoms with E-state index in [1.54, 1.807) is 6.20 Å². The van der Waals surface area contributed by atoms with E-state index in [0.29, 0.717) is 18.4 Å². The molecule has 3 N–H and O–H groups in total. The van der Waals surface area contributed by atoms with Crippen molar-refractivity contribution in [1.29, 1.82) is 0 Å². The number of hydrogen-bond acceptors (Lipinski definition) is 6. The molecule has 2 aliphatic heterocycles. The number of nitrogens with two attached hydrogens (primary N) is 1. The van der Waals surface area contributed by atoms with E-state index >= 15 is 0 Å². The maximum Gasteiger partial charge on any atom is 0.349 e. The number of benzene rings is 2. The minimum atomic E-state index is -0.829. The summed E-state index contributed by atoms with van der Waals surface area (Å²) in [5.41, 5.74) is 9.90. The zero-order valence-electron chi connectivity index (χ0n) is 14.5. The predicted octanol–water partition coefficient (Wildman–Crippen LogP) is 2.46. The van der Waals surface area contributed by atoms with Gasteiger partial charge < -0.3 is 15.9 Å². The lowest BCUT2D eigenvalue weighted by molar-refractivity contribution is -0.173. The molecule has 0 saturated heterocycles. The molecule has 1 unspecified atom stereocenters. The molecular weight excluding hydrogens is 342 g/mol. The van der Waals surface area contributed by atoms with E-state index < -0.39 is 12.0 Å². The first-order chi connectivity index (χ1) is 13.2. The van der Waals surface area contributed by atoms with Gasteiger partial charge in [-0.25, -0.2) is 4.79 Å². The summed E-state index contributed by atoms with van der Waals surface area (Å²) < 4.78 is 0. The number of nitrogens with one attached hydrogen (secondary N) is 1. The number of aldehydes is 1. The zero-order chi connectivity index (χ0) is 18.8. The fourth-order valence-electron chi connectivity index (χ4n) is 3.36. The van der Waals surface area contributed by atoms with Crippen molar-refractivity contribution in [2.75, 3.05) is 5.32 Å². The van der Waals surface area contributed by atoms with Gasteiger partial charge in [-0.15, -0.1) is 0 Å². The molecule has 2 atom stereocenters. The van der Waals surface area contributed by atoms with E-state index in [1.807, 2.05) is 60.7 Å². The third kappa shape index (κ3) is 3.22. The molecule has 0 fully saturated rings. The van der Waals surface area contributed by atoms with Crippen molar-refractivity contribution in [1.82, 2.24) is 5.06 Å². The van der Waals surface area contributed by atoms with E-state index in [2.05, 4.69) is 5.32 Å². The summed E-state index contributed by atoms with van der Waals surface area (Å²) >= 11 is 0. The van der Waals surface area contributed by atoms with E-state index in [9.17, 15) is 9.59 Å². The van der Waals surface area contributed by atoms with Gasteiger partial charge in [-0.2, -0.15) is 5.06 Å². The van der Waals surface area contributed by atoms with E-state index in [1.165, 1.54) is 5.06 Å². The van der Waals surface area contributed by atoms with Crippen molar-refractivity contribution in [2.24, 2.45) is 5.73 Å². The molecule has 0 radical (unpaired) electrons. The quantitative estimate of drug-likeness (QED) is 0.796. The zero-order valence-corrected chi connectivity index (χ0v) is 14.5. The van der Waals surface area contributed by atoms with Crippen molar-refractivity contribution in [3.05, 3.63) is 89.4 Å². The Morgan fingerprint density at radius 3 is 2.70 bits per heavy atom. The summed E-state index contributed by atoms with van der Waals surface area (Å²) in [6, 6.07) is 16.5. The van der Waals surface area contributed by atoms with Gasteiger partial charge in [0.2, 0.25) is 0 Å². The molecule has 2 aromatic rings. The molecule has 6 heteroatoms. The first-order valence-electron chi connectivity index (χ1n) is 8.71. The molecule has 0 aromatic heterocycles. The Bertz CT molecular complexity index is 937. The predicted molar refractivity (Wildman–Crippen MR) is 101 cm³/mol. The Balaban J connectivity index is 1.50. The SMILES string of the molecule is N[C@@H](Cc1ccccc1)C(=O)ON1C=CC2C(=C1C=O)Nc1ccccc12. The summed E-state index contributed by atoms with van der Waals surface area (Å²) in [4.78, 5) is 29.5. The molecule has 4 rings (SSSR count). The Morgan fingerprint density at radius 1 is 1.19 bits per heavy atom. The number of hydrogen-bond donors (Lipinski definition) is 2. The van der Waals surface area contributed by atoms with Gasteiger partial charge in [0.15, 0.2) is 6.29 Å². The summed E-state index contributed by atoms with van der Waals surface area (Å²) in [5, 5.41) is 4.43. The Kier molecular flexibility index (Phi) is 4.48. The molecule has 0 bridgehead atoms. The molecule has 6 nitrogen and oxygen atoms in total. The van der Waals surface area contributed by atoms with Crippen LogP contribution in [0.4, 0.5) is 5.69 Å². The Hall–Kier alpha value is -3.38. The van der Waals surface area contributed by atoms with Crippen LogP contribution in [0.15, 0.2) is 78.3 Å². The van der Waals surface area contributed by atoms with E-state index in [-0.39, 0.29) is 11.6 Å². The maximum absolute atomic E-state index is 12.4. The second kappa shape index (κ2) is 7.09.